The number of benzene rings is 2. The number of nitrogens with one attached hydrogen (secondary N) is 2. The number of carbonyl (C=O) groups excluding carboxylic acids is 2. The minimum atomic E-state index is -0.194. The van der Waals surface area contributed by atoms with Crippen LogP contribution >= 0.6 is 0 Å². The molecule has 2 N–H and O–H groups in total. The normalized spacial score (nSPS) is 14.4. The summed E-state index contributed by atoms with van der Waals surface area (Å²) in [6, 6.07) is 13.0. The predicted molar refractivity (Wildman–Crippen MR) is 119 cm³/mol. The Morgan fingerprint density at radius 3 is 2.37 bits per heavy atom. The molecule has 1 heterocycles. The monoisotopic (exact) mass is 410 g/mol. The van der Waals surface area contributed by atoms with E-state index in [2.05, 4.69) is 27.5 Å². The Bertz CT molecular complexity index is 875. The second-order valence-corrected chi connectivity index (χ2v) is 7.52. The molecule has 0 spiro atoms. The highest BCUT2D eigenvalue weighted by Crippen LogP contribution is 2.21. The van der Waals surface area contributed by atoms with E-state index in [1.54, 1.807) is 25.3 Å². The van der Waals surface area contributed by atoms with Gasteiger partial charge in [0, 0.05) is 62.3 Å². The van der Waals surface area contributed by atoms with E-state index in [1.807, 2.05) is 31.2 Å². The zero-order valence-electron chi connectivity index (χ0n) is 17.9. The highest BCUT2D eigenvalue weighted by Gasteiger charge is 2.16. The SMILES string of the molecule is COCCNC(=O)c1cccc(NC(=O)c2ccc(N3CCN(C)CC3)cc2)c1C. The van der Waals surface area contributed by atoms with E-state index >= 15 is 0 Å². The Hall–Kier alpha value is -2.90. The highest BCUT2D eigenvalue weighted by atomic mass is 16.5. The number of ether oxygens (including phenoxy) is 1. The smallest absolute Gasteiger partial charge is 0.255 e. The number of methoxy groups -OCH3 is 1. The van der Waals surface area contributed by atoms with Gasteiger partial charge in [-0.3, -0.25) is 9.59 Å². The van der Waals surface area contributed by atoms with E-state index in [9.17, 15) is 9.59 Å². The number of rotatable bonds is 7. The first kappa shape index (κ1) is 21.8. The molecule has 2 aromatic rings. The van der Waals surface area contributed by atoms with Crippen molar-refractivity contribution >= 4 is 23.2 Å². The zero-order chi connectivity index (χ0) is 21.5. The van der Waals surface area contributed by atoms with Crippen molar-refractivity contribution in [2.75, 3.05) is 63.7 Å². The molecule has 0 unspecified atom stereocenters. The van der Waals surface area contributed by atoms with E-state index in [0.29, 0.717) is 30.0 Å². The van der Waals surface area contributed by atoms with E-state index in [0.717, 1.165) is 37.4 Å². The summed E-state index contributed by atoms with van der Waals surface area (Å²) in [5.41, 5.74) is 3.61. The van der Waals surface area contributed by atoms with E-state index in [-0.39, 0.29) is 11.8 Å². The minimum absolute atomic E-state index is 0.183. The summed E-state index contributed by atoms with van der Waals surface area (Å²) < 4.78 is 4.96. The maximum Gasteiger partial charge on any atom is 0.255 e. The van der Waals surface area contributed by atoms with Crippen molar-refractivity contribution in [2.24, 2.45) is 0 Å². The van der Waals surface area contributed by atoms with Gasteiger partial charge >= 0.3 is 0 Å². The molecular formula is C23H30N4O3. The van der Waals surface area contributed by atoms with Crippen LogP contribution < -0.4 is 15.5 Å². The summed E-state index contributed by atoms with van der Waals surface area (Å²) in [6.07, 6.45) is 0. The van der Waals surface area contributed by atoms with Gasteiger partial charge in [0.05, 0.1) is 6.61 Å². The molecule has 1 fully saturated rings. The van der Waals surface area contributed by atoms with Gasteiger partial charge in [-0.2, -0.15) is 0 Å². The van der Waals surface area contributed by atoms with Gasteiger partial charge in [0.1, 0.15) is 0 Å². The number of piperazine rings is 1. The molecule has 0 aliphatic carbocycles. The third-order valence-electron chi connectivity index (χ3n) is 5.42. The van der Waals surface area contributed by atoms with Crippen LogP contribution in [0.5, 0.6) is 0 Å². The fraction of sp³-hybridized carbons (Fsp3) is 0.391. The first-order chi connectivity index (χ1) is 14.5. The van der Waals surface area contributed by atoms with Crippen molar-refractivity contribution in [3.63, 3.8) is 0 Å². The molecule has 0 atom stereocenters. The number of nitrogens with zero attached hydrogens (tertiary/aromatic N) is 2. The number of amides is 2. The predicted octanol–water partition coefficient (Wildman–Crippen LogP) is 2.38. The summed E-state index contributed by atoms with van der Waals surface area (Å²) >= 11 is 0. The Balaban J connectivity index is 1.65. The number of likely N-dealkylation sites (N-methyl/N-ethyl adjacent to an activating group) is 1. The van der Waals surface area contributed by atoms with Crippen molar-refractivity contribution < 1.29 is 14.3 Å². The molecule has 1 aliphatic rings. The summed E-state index contributed by atoms with van der Waals surface area (Å²) in [7, 11) is 3.72. The van der Waals surface area contributed by atoms with Gasteiger partial charge in [0.25, 0.3) is 11.8 Å². The lowest BCUT2D eigenvalue weighted by Gasteiger charge is -2.34. The topological polar surface area (TPSA) is 73.9 Å². The molecule has 3 rings (SSSR count). The standard InChI is InChI=1S/C23H30N4O3/c1-17-20(23(29)24-11-16-30-3)5-4-6-21(17)25-22(28)18-7-9-19(10-8-18)27-14-12-26(2)13-15-27/h4-10H,11-16H2,1-3H3,(H,24,29)(H,25,28). The number of anilines is 2. The van der Waals surface area contributed by atoms with Crippen molar-refractivity contribution in [1.82, 2.24) is 10.2 Å². The second kappa shape index (κ2) is 10.2. The lowest BCUT2D eigenvalue weighted by atomic mass is 10.1. The molecule has 1 saturated heterocycles. The molecule has 2 aromatic carbocycles. The number of hydrogen-bond acceptors (Lipinski definition) is 5. The summed E-state index contributed by atoms with van der Waals surface area (Å²) in [5, 5.41) is 5.74. The lowest BCUT2D eigenvalue weighted by Crippen LogP contribution is -2.44. The van der Waals surface area contributed by atoms with Crippen LogP contribution in [-0.4, -0.2) is 70.2 Å². The zero-order valence-corrected chi connectivity index (χ0v) is 17.9. The van der Waals surface area contributed by atoms with Crippen molar-refractivity contribution in [1.29, 1.82) is 0 Å². The van der Waals surface area contributed by atoms with Crippen molar-refractivity contribution in [2.45, 2.75) is 6.92 Å². The molecule has 0 bridgehead atoms. The van der Waals surface area contributed by atoms with Gasteiger partial charge in [-0.15, -0.1) is 0 Å². The fourth-order valence-electron chi connectivity index (χ4n) is 3.46. The second-order valence-electron chi connectivity index (χ2n) is 7.52. The van der Waals surface area contributed by atoms with Crippen LogP contribution in [0.4, 0.5) is 11.4 Å². The Labute approximate surface area is 178 Å². The van der Waals surface area contributed by atoms with Crippen LogP contribution in [-0.2, 0) is 4.74 Å². The van der Waals surface area contributed by atoms with Crippen LogP contribution in [0.1, 0.15) is 26.3 Å². The van der Waals surface area contributed by atoms with Crippen LogP contribution in [0.2, 0.25) is 0 Å². The first-order valence-corrected chi connectivity index (χ1v) is 10.2. The number of hydrogen-bond donors (Lipinski definition) is 2. The van der Waals surface area contributed by atoms with Crippen LogP contribution in [0.3, 0.4) is 0 Å². The third kappa shape index (κ3) is 5.37. The van der Waals surface area contributed by atoms with Gasteiger partial charge in [0.2, 0.25) is 0 Å². The molecule has 2 amide bonds. The van der Waals surface area contributed by atoms with Crippen molar-refractivity contribution in [3.8, 4) is 0 Å². The minimum Gasteiger partial charge on any atom is -0.383 e. The molecule has 0 aromatic heterocycles. The molecule has 30 heavy (non-hydrogen) atoms. The summed E-state index contributed by atoms with van der Waals surface area (Å²) in [5.74, 6) is -0.378. The van der Waals surface area contributed by atoms with Crippen LogP contribution in [0.15, 0.2) is 42.5 Å². The Kier molecular flexibility index (Phi) is 7.43. The third-order valence-corrected chi connectivity index (χ3v) is 5.42. The van der Waals surface area contributed by atoms with E-state index in [4.69, 9.17) is 4.74 Å². The van der Waals surface area contributed by atoms with Gasteiger partial charge in [0.15, 0.2) is 0 Å². The van der Waals surface area contributed by atoms with Crippen LogP contribution in [0, 0.1) is 6.92 Å². The van der Waals surface area contributed by atoms with Gasteiger partial charge in [-0.05, 0) is 55.9 Å². The van der Waals surface area contributed by atoms with Gasteiger partial charge < -0.3 is 25.2 Å². The molecule has 7 nitrogen and oxygen atoms in total. The van der Waals surface area contributed by atoms with E-state index < -0.39 is 0 Å². The average Bonchev–Trinajstić information content (AvgIpc) is 2.76. The molecule has 0 saturated carbocycles. The lowest BCUT2D eigenvalue weighted by molar-refractivity contribution is 0.0935. The largest absolute Gasteiger partial charge is 0.383 e. The quantitative estimate of drug-likeness (QED) is 0.686. The molecule has 0 radical (unpaired) electrons. The van der Waals surface area contributed by atoms with E-state index in [1.165, 1.54) is 0 Å². The first-order valence-electron chi connectivity index (χ1n) is 10.2. The summed E-state index contributed by atoms with van der Waals surface area (Å²) in [6.45, 7) is 6.77. The highest BCUT2D eigenvalue weighted by molar-refractivity contribution is 6.06. The molecule has 1 aliphatic heterocycles. The Morgan fingerprint density at radius 1 is 1.00 bits per heavy atom. The molecule has 160 valence electrons. The van der Waals surface area contributed by atoms with Gasteiger partial charge in [-0.25, -0.2) is 0 Å². The van der Waals surface area contributed by atoms with Gasteiger partial charge in [-0.1, -0.05) is 6.07 Å². The number of carbonyl (C=O) groups is 2. The molecule has 7 heteroatoms. The summed E-state index contributed by atoms with van der Waals surface area (Å²) in [4.78, 5) is 29.8. The molecular weight excluding hydrogens is 380 g/mol. The Morgan fingerprint density at radius 2 is 1.70 bits per heavy atom. The fourth-order valence-corrected chi connectivity index (χ4v) is 3.46. The maximum atomic E-state index is 12.7. The average molecular weight is 411 g/mol. The maximum absolute atomic E-state index is 12.7. The van der Waals surface area contributed by atoms with Crippen LogP contribution in [0.25, 0.3) is 0 Å². The van der Waals surface area contributed by atoms with Crippen molar-refractivity contribution in [3.05, 3.63) is 59.2 Å².